The zero-order valence-corrected chi connectivity index (χ0v) is 15.7. The molecule has 5 rings (SSSR count). The summed E-state index contributed by atoms with van der Waals surface area (Å²) < 4.78 is 5.80. The lowest BCUT2D eigenvalue weighted by Crippen LogP contribution is -2.29. The van der Waals surface area contributed by atoms with E-state index in [0.717, 1.165) is 35.9 Å². The van der Waals surface area contributed by atoms with Crippen LogP contribution in [-0.4, -0.2) is 38.2 Å². The van der Waals surface area contributed by atoms with E-state index in [9.17, 15) is 0 Å². The summed E-state index contributed by atoms with van der Waals surface area (Å²) in [5.41, 5.74) is 2.74. The van der Waals surface area contributed by atoms with Gasteiger partial charge in [-0.25, -0.2) is 9.97 Å². The van der Waals surface area contributed by atoms with E-state index in [2.05, 4.69) is 36.1 Å². The van der Waals surface area contributed by atoms with Crippen LogP contribution >= 0.6 is 11.3 Å². The number of benzene rings is 1. The molecule has 7 nitrogen and oxygen atoms in total. The van der Waals surface area contributed by atoms with E-state index in [-0.39, 0.29) is 0 Å². The van der Waals surface area contributed by atoms with Crippen molar-refractivity contribution in [2.24, 2.45) is 0 Å². The maximum atomic E-state index is 5.80. The lowest BCUT2D eigenvalue weighted by atomic mass is 10.1. The molecule has 28 heavy (non-hydrogen) atoms. The molecule has 3 aromatic heterocycles. The van der Waals surface area contributed by atoms with Gasteiger partial charge in [0.25, 0.3) is 5.89 Å². The van der Waals surface area contributed by atoms with Crippen molar-refractivity contribution in [2.45, 2.75) is 6.42 Å². The van der Waals surface area contributed by atoms with Crippen molar-refractivity contribution in [3.63, 3.8) is 0 Å². The van der Waals surface area contributed by atoms with Gasteiger partial charge in [-0.15, -0.1) is 21.5 Å². The maximum absolute atomic E-state index is 5.80. The Morgan fingerprint density at radius 3 is 2.71 bits per heavy atom. The first kappa shape index (κ1) is 16.8. The molecule has 0 aliphatic carbocycles. The van der Waals surface area contributed by atoms with Crippen molar-refractivity contribution in [3.8, 4) is 23.0 Å². The predicted molar refractivity (Wildman–Crippen MR) is 108 cm³/mol. The highest BCUT2D eigenvalue weighted by Gasteiger charge is 2.18. The number of nitrogens with zero attached hydrogens (tertiary/aromatic N) is 6. The van der Waals surface area contributed by atoms with Gasteiger partial charge in [-0.05, 0) is 24.1 Å². The Balaban J connectivity index is 1.37. The first-order valence-electron chi connectivity index (χ1n) is 8.92. The van der Waals surface area contributed by atoms with E-state index in [0.29, 0.717) is 17.5 Å². The highest BCUT2D eigenvalue weighted by molar-refractivity contribution is 7.10. The van der Waals surface area contributed by atoms with E-state index in [1.54, 1.807) is 23.7 Å². The second-order valence-electron chi connectivity index (χ2n) is 6.30. The highest BCUT2D eigenvalue weighted by Crippen LogP contribution is 2.27. The summed E-state index contributed by atoms with van der Waals surface area (Å²) in [4.78, 5) is 15.6. The molecule has 1 aliphatic rings. The average molecular weight is 388 g/mol. The minimum Gasteiger partial charge on any atom is -0.415 e. The summed E-state index contributed by atoms with van der Waals surface area (Å²) in [5.74, 6) is 1.63. The maximum Gasteiger partial charge on any atom is 0.268 e. The van der Waals surface area contributed by atoms with Gasteiger partial charge in [-0.1, -0.05) is 24.3 Å². The third-order valence-corrected chi connectivity index (χ3v) is 5.38. The second-order valence-corrected chi connectivity index (χ2v) is 7.20. The SMILES string of the molecule is C1=C(c2nccs2)CCN(c2cncc(-c3nnc(-c4ccccc4)o3)n2)C1. The van der Waals surface area contributed by atoms with Crippen molar-refractivity contribution in [1.82, 2.24) is 25.1 Å². The van der Waals surface area contributed by atoms with Gasteiger partial charge in [0.15, 0.2) is 0 Å². The third kappa shape index (κ3) is 3.29. The Kier molecular flexibility index (Phi) is 4.38. The summed E-state index contributed by atoms with van der Waals surface area (Å²) in [6.07, 6.45) is 8.39. The topological polar surface area (TPSA) is 80.8 Å². The molecule has 1 aliphatic heterocycles. The van der Waals surface area contributed by atoms with E-state index < -0.39 is 0 Å². The van der Waals surface area contributed by atoms with Crippen LogP contribution in [0.3, 0.4) is 0 Å². The molecule has 0 fully saturated rings. The van der Waals surface area contributed by atoms with Gasteiger partial charge >= 0.3 is 0 Å². The van der Waals surface area contributed by atoms with E-state index in [1.807, 2.05) is 41.9 Å². The number of thiazole rings is 1. The van der Waals surface area contributed by atoms with Gasteiger partial charge in [0.1, 0.15) is 16.5 Å². The molecule has 0 bridgehead atoms. The molecule has 4 heterocycles. The lowest BCUT2D eigenvalue weighted by Gasteiger charge is -2.26. The van der Waals surface area contributed by atoms with Gasteiger partial charge in [0.2, 0.25) is 5.89 Å². The molecule has 4 aromatic rings. The number of rotatable bonds is 4. The summed E-state index contributed by atoms with van der Waals surface area (Å²) in [6, 6.07) is 9.68. The van der Waals surface area contributed by atoms with Crippen molar-refractivity contribution >= 4 is 22.7 Å². The monoisotopic (exact) mass is 388 g/mol. The number of anilines is 1. The first-order valence-corrected chi connectivity index (χ1v) is 9.80. The van der Waals surface area contributed by atoms with Gasteiger partial charge in [0.05, 0.1) is 12.4 Å². The zero-order valence-electron chi connectivity index (χ0n) is 14.9. The van der Waals surface area contributed by atoms with Crippen LogP contribution in [0.4, 0.5) is 5.82 Å². The fraction of sp³-hybridized carbons (Fsp3) is 0.150. The molecule has 0 spiro atoms. The fourth-order valence-corrected chi connectivity index (χ4v) is 3.80. The standard InChI is InChI=1S/C20H16N6OS/c1-2-4-14(5-3-1)18-24-25-19(27-18)16-12-21-13-17(23-16)26-9-6-15(7-10-26)20-22-8-11-28-20/h1-6,8,11-13H,7,9-10H2. The zero-order chi connectivity index (χ0) is 18.8. The summed E-state index contributed by atoms with van der Waals surface area (Å²) in [6.45, 7) is 1.63. The molecule has 0 saturated heterocycles. The van der Waals surface area contributed by atoms with Gasteiger partial charge < -0.3 is 9.32 Å². The third-order valence-electron chi connectivity index (χ3n) is 4.53. The molecule has 0 radical (unpaired) electrons. The van der Waals surface area contributed by atoms with Crippen molar-refractivity contribution in [1.29, 1.82) is 0 Å². The Bertz CT molecular complexity index is 1110. The minimum atomic E-state index is 0.365. The molecule has 138 valence electrons. The van der Waals surface area contributed by atoms with Gasteiger partial charge in [-0.3, -0.25) is 4.98 Å². The minimum absolute atomic E-state index is 0.365. The van der Waals surface area contributed by atoms with Crippen LogP contribution in [-0.2, 0) is 0 Å². The summed E-state index contributed by atoms with van der Waals surface area (Å²) in [5, 5.41) is 11.4. The van der Waals surface area contributed by atoms with Gasteiger partial charge in [-0.2, -0.15) is 0 Å². The molecule has 1 aromatic carbocycles. The second kappa shape index (κ2) is 7.32. The molecular formula is C20H16N6OS. The normalized spacial score (nSPS) is 14.1. The molecule has 8 heteroatoms. The smallest absolute Gasteiger partial charge is 0.268 e. The predicted octanol–water partition coefficient (Wildman–Crippen LogP) is 3.94. The average Bonchev–Trinajstić information content (AvgIpc) is 3.47. The molecular weight excluding hydrogens is 372 g/mol. The van der Waals surface area contributed by atoms with Crippen LogP contribution in [0.2, 0.25) is 0 Å². The molecule has 0 amide bonds. The molecule has 0 unspecified atom stereocenters. The van der Waals surface area contributed by atoms with Crippen LogP contribution in [0.15, 0.2) is 64.8 Å². The summed E-state index contributed by atoms with van der Waals surface area (Å²) in [7, 11) is 0. The Labute approximate surface area is 165 Å². The van der Waals surface area contributed by atoms with E-state index >= 15 is 0 Å². The van der Waals surface area contributed by atoms with Crippen molar-refractivity contribution < 1.29 is 4.42 Å². The molecule has 0 saturated carbocycles. The quantitative estimate of drug-likeness (QED) is 0.524. The van der Waals surface area contributed by atoms with Crippen molar-refractivity contribution in [3.05, 3.63) is 65.4 Å². The summed E-state index contributed by atoms with van der Waals surface area (Å²) >= 11 is 1.67. The lowest BCUT2D eigenvalue weighted by molar-refractivity contribution is 0.581. The first-order chi connectivity index (χ1) is 13.9. The number of hydrogen-bond acceptors (Lipinski definition) is 8. The Morgan fingerprint density at radius 1 is 1.04 bits per heavy atom. The van der Waals surface area contributed by atoms with E-state index in [4.69, 9.17) is 4.42 Å². The van der Waals surface area contributed by atoms with Crippen LogP contribution in [0.5, 0.6) is 0 Å². The van der Waals surface area contributed by atoms with Crippen LogP contribution in [0.1, 0.15) is 11.4 Å². The van der Waals surface area contributed by atoms with Crippen LogP contribution in [0.25, 0.3) is 28.6 Å². The Hall–Kier alpha value is -3.39. The van der Waals surface area contributed by atoms with E-state index in [1.165, 1.54) is 5.57 Å². The fourth-order valence-electron chi connectivity index (χ4n) is 3.09. The largest absolute Gasteiger partial charge is 0.415 e. The Morgan fingerprint density at radius 2 is 1.93 bits per heavy atom. The number of hydrogen-bond donors (Lipinski definition) is 0. The molecule has 0 N–H and O–H groups in total. The highest BCUT2D eigenvalue weighted by atomic mass is 32.1. The van der Waals surface area contributed by atoms with Crippen LogP contribution < -0.4 is 4.90 Å². The van der Waals surface area contributed by atoms with Crippen molar-refractivity contribution in [2.75, 3.05) is 18.0 Å². The van der Waals surface area contributed by atoms with Gasteiger partial charge in [0, 0.05) is 30.2 Å². The molecule has 0 atom stereocenters. The number of aromatic nitrogens is 5. The van der Waals surface area contributed by atoms with Crippen LogP contribution in [0, 0.1) is 0 Å².